The Morgan fingerprint density at radius 2 is 2.32 bits per heavy atom. The summed E-state index contributed by atoms with van der Waals surface area (Å²) in [6, 6.07) is 5.89. The van der Waals surface area contributed by atoms with Crippen LogP contribution in [0.15, 0.2) is 24.4 Å². The van der Waals surface area contributed by atoms with E-state index in [0.29, 0.717) is 6.54 Å². The third-order valence-electron chi connectivity index (χ3n) is 4.11. The molecule has 1 amide bonds. The summed E-state index contributed by atoms with van der Waals surface area (Å²) >= 11 is 0. The molecule has 116 valence electrons. The monoisotopic (exact) mass is 298 g/mol. The van der Waals surface area contributed by atoms with E-state index in [-0.39, 0.29) is 5.91 Å². The van der Waals surface area contributed by atoms with Crippen LogP contribution in [0.25, 0.3) is 0 Å². The van der Waals surface area contributed by atoms with Crippen LogP contribution >= 0.6 is 0 Å². The van der Waals surface area contributed by atoms with Crippen LogP contribution in [0.1, 0.15) is 40.5 Å². The standard InChI is InChI=1S/C17H22N4O/c1-3-15-12(11-21(2)20-15)10-19-17(22)14-6-4-8-16-13(14)7-5-9-18-16/h4,6,8,11,18H,3,5,7,9-10H2,1-2H3,(H,19,22). The molecule has 0 fully saturated rings. The van der Waals surface area contributed by atoms with Gasteiger partial charge in [-0.15, -0.1) is 0 Å². The molecular formula is C17H22N4O. The number of carbonyl (C=O) groups is 1. The molecule has 3 rings (SSSR count). The zero-order valence-electron chi connectivity index (χ0n) is 13.1. The van der Waals surface area contributed by atoms with Crippen LogP contribution < -0.4 is 10.6 Å². The van der Waals surface area contributed by atoms with Crippen molar-refractivity contribution in [2.24, 2.45) is 7.05 Å². The molecule has 0 saturated heterocycles. The van der Waals surface area contributed by atoms with E-state index in [9.17, 15) is 4.79 Å². The Morgan fingerprint density at radius 1 is 1.45 bits per heavy atom. The second-order valence-electron chi connectivity index (χ2n) is 5.67. The van der Waals surface area contributed by atoms with E-state index in [4.69, 9.17) is 0 Å². The van der Waals surface area contributed by atoms with Gasteiger partial charge < -0.3 is 10.6 Å². The predicted molar refractivity (Wildman–Crippen MR) is 87.0 cm³/mol. The molecule has 2 aromatic rings. The highest BCUT2D eigenvalue weighted by molar-refractivity contribution is 5.97. The molecule has 0 unspecified atom stereocenters. The van der Waals surface area contributed by atoms with Crippen LogP contribution in [-0.4, -0.2) is 22.2 Å². The number of hydrogen-bond donors (Lipinski definition) is 2. The van der Waals surface area contributed by atoms with E-state index in [1.807, 2.05) is 31.4 Å². The molecule has 0 radical (unpaired) electrons. The van der Waals surface area contributed by atoms with E-state index in [1.54, 1.807) is 4.68 Å². The molecule has 5 nitrogen and oxygen atoms in total. The van der Waals surface area contributed by atoms with Crippen LogP contribution in [0, 0.1) is 0 Å². The Hall–Kier alpha value is -2.30. The molecule has 2 heterocycles. The highest BCUT2D eigenvalue weighted by Gasteiger charge is 2.17. The molecule has 22 heavy (non-hydrogen) atoms. The first-order chi connectivity index (χ1) is 10.7. The van der Waals surface area contributed by atoms with Crippen LogP contribution in [0.4, 0.5) is 5.69 Å². The Kier molecular flexibility index (Phi) is 4.13. The van der Waals surface area contributed by atoms with Crippen molar-refractivity contribution < 1.29 is 4.79 Å². The lowest BCUT2D eigenvalue weighted by Gasteiger charge is -2.20. The molecular weight excluding hydrogens is 276 g/mol. The minimum absolute atomic E-state index is 0.00791. The third kappa shape index (κ3) is 2.84. The first-order valence-corrected chi connectivity index (χ1v) is 7.84. The lowest BCUT2D eigenvalue weighted by molar-refractivity contribution is 0.0950. The summed E-state index contributed by atoms with van der Waals surface area (Å²) in [5.41, 5.74) is 5.13. The maximum absolute atomic E-state index is 12.5. The lowest BCUT2D eigenvalue weighted by atomic mass is 9.97. The summed E-state index contributed by atoms with van der Waals surface area (Å²) in [5, 5.41) is 10.8. The Morgan fingerprint density at radius 3 is 3.14 bits per heavy atom. The van der Waals surface area contributed by atoms with Crippen molar-refractivity contribution in [2.75, 3.05) is 11.9 Å². The van der Waals surface area contributed by atoms with Gasteiger partial charge in [-0.3, -0.25) is 9.48 Å². The second-order valence-corrected chi connectivity index (χ2v) is 5.67. The maximum Gasteiger partial charge on any atom is 0.251 e. The second kappa shape index (κ2) is 6.22. The van der Waals surface area contributed by atoms with Gasteiger partial charge in [0.1, 0.15) is 0 Å². The molecule has 0 atom stereocenters. The topological polar surface area (TPSA) is 59.0 Å². The maximum atomic E-state index is 12.5. The molecule has 0 bridgehead atoms. The van der Waals surface area contributed by atoms with Crippen LogP contribution in [-0.2, 0) is 26.4 Å². The van der Waals surface area contributed by atoms with Gasteiger partial charge in [0.05, 0.1) is 5.69 Å². The van der Waals surface area contributed by atoms with Gasteiger partial charge in [-0.05, 0) is 37.0 Å². The molecule has 1 aromatic heterocycles. The summed E-state index contributed by atoms with van der Waals surface area (Å²) in [7, 11) is 1.91. The fourth-order valence-corrected chi connectivity index (χ4v) is 3.02. The number of benzene rings is 1. The lowest BCUT2D eigenvalue weighted by Crippen LogP contribution is -2.26. The SMILES string of the molecule is CCc1nn(C)cc1CNC(=O)c1cccc2c1CCCN2. The van der Waals surface area contributed by atoms with E-state index in [2.05, 4.69) is 22.7 Å². The summed E-state index contributed by atoms with van der Waals surface area (Å²) in [4.78, 5) is 12.5. The number of nitrogens with zero attached hydrogens (tertiary/aromatic N) is 2. The van der Waals surface area contributed by atoms with Crippen molar-refractivity contribution in [1.82, 2.24) is 15.1 Å². The smallest absolute Gasteiger partial charge is 0.251 e. The number of carbonyl (C=O) groups excluding carboxylic acids is 1. The fraction of sp³-hybridized carbons (Fsp3) is 0.412. The first kappa shape index (κ1) is 14.6. The summed E-state index contributed by atoms with van der Waals surface area (Å²) in [6.45, 7) is 3.58. The predicted octanol–water partition coefficient (Wildman–Crippen LogP) is 2.27. The molecule has 0 saturated carbocycles. The van der Waals surface area contributed by atoms with Gasteiger partial charge in [-0.1, -0.05) is 13.0 Å². The highest BCUT2D eigenvalue weighted by Crippen LogP contribution is 2.25. The number of aryl methyl sites for hydroxylation is 2. The molecule has 1 aliphatic rings. The van der Waals surface area contributed by atoms with E-state index < -0.39 is 0 Å². The van der Waals surface area contributed by atoms with Gasteiger partial charge in [0.2, 0.25) is 0 Å². The average molecular weight is 298 g/mol. The molecule has 5 heteroatoms. The normalized spacial score (nSPS) is 13.4. The highest BCUT2D eigenvalue weighted by atomic mass is 16.1. The van der Waals surface area contributed by atoms with Gasteiger partial charge in [0.25, 0.3) is 5.91 Å². The van der Waals surface area contributed by atoms with Crippen LogP contribution in [0.3, 0.4) is 0 Å². The molecule has 2 N–H and O–H groups in total. The van der Waals surface area contributed by atoms with E-state index in [1.165, 1.54) is 0 Å². The Balaban J connectivity index is 1.75. The van der Waals surface area contributed by atoms with Crippen molar-refractivity contribution in [3.63, 3.8) is 0 Å². The number of aromatic nitrogens is 2. The van der Waals surface area contributed by atoms with Crippen molar-refractivity contribution in [1.29, 1.82) is 0 Å². The first-order valence-electron chi connectivity index (χ1n) is 7.84. The van der Waals surface area contributed by atoms with Crippen molar-refractivity contribution in [3.05, 3.63) is 46.8 Å². The average Bonchev–Trinajstić information content (AvgIpc) is 2.92. The van der Waals surface area contributed by atoms with Gasteiger partial charge in [-0.25, -0.2) is 0 Å². The number of amides is 1. The van der Waals surface area contributed by atoms with Gasteiger partial charge >= 0.3 is 0 Å². The van der Waals surface area contributed by atoms with Gasteiger partial charge in [0, 0.05) is 43.1 Å². The fourth-order valence-electron chi connectivity index (χ4n) is 3.02. The van der Waals surface area contributed by atoms with Gasteiger partial charge in [-0.2, -0.15) is 5.10 Å². The number of hydrogen-bond acceptors (Lipinski definition) is 3. The Labute approximate surface area is 130 Å². The number of rotatable bonds is 4. The largest absolute Gasteiger partial charge is 0.385 e. The minimum Gasteiger partial charge on any atom is -0.385 e. The third-order valence-corrected chi connectivity index (χ3v) is 4.11. The zero-order chi connectivity index (χ0) is 15.5. The molecule has 1 aliphatic heterocycles. The van der Waals surface area contributed by atoms with Gasteiger partial charge in [0.15, 0.2) is 0 Å². The molecule has 0 spiro atoms. The molecule has 1 aromatic carbocycles. The summed E-state index contributed by atoms with van der Waals surface area (Å²) in [6.07, 6.45) is 4.87. The van der Waals surface area contributed by atoms with Crippen molar-refractivity contribution >= 4 is 11.6 Å². The van der Waals surface area contributed by atoms with Crippen LogP contribution in [0.2, 0.25) is 0 Å². The summed E-state index contributed by atoms with van der Waals surface area (Å²) in [5.74, 6) is -0.00791. The van der Waals surface area contributed by atoms with E-state index in [0.717, 1.165) is 53.9 Å². The quantitative estimate of drug-likeness (QED) is 0.910. The zero-order valence-corrected chi connectivity index (χ0v) is 13.1. The molecule has 0 aliphatic carbocycles. The van der Waals surface area contributed by atoms with Crippen molar-refractivity contribution in [3.8, 4) is 0 Å². The Bertz CT molecular complexity index is 690. The number of nitrogens with one attached hydrogen (secondary N) is 2. The van der Waals surface area contributed by atoms with E-state index >= 15 is 0 Å². The summed E-state index contributed by atoms with van der Waals surface area (Å²) < 4.78 is 1.80. The number of anilines is 1. The minimum atomic E-state index is -0.00791. The van der Waals surface area contributed by atoms with Crippen molar-refractivity contribution in [2.45, 2.75) is 32.7 Å². The number of fused-ring (bicyclic) bond motifs is 1. The van der Waals surface area contributed by atoms with Crippen LogP contribution in [0.5, 0.6) is 0 Å².